The van der Waals surface area contributed by atoms with Gasteiger partial charge < -0.3 is 9.67 Å². The number of benzene rings is 3. The van der Waals surface area contributed by atoms with Crippen LogP contribution in [0.5, 0.6) is 0 Å². The van der Waals surface area contributed by atoms with E-state index in [1.54, 1.807) is 0 Å². The van der Waals surface area contributed by atoms with E-state index < -0.39 is 0 Å². The number of nitrogens with zero attached hydrogens (tertiary/aromatic N) is 2. The lowest BCUT2D eigenvalue weighted by atomic mass is 9.98. The monoisotopic (exact) mass is 370 g/mol. The quantitative estimate of drug-likeness (QED) is 0.486. The van der Waals surface area contributed by atoms with E-state index in [9.17, 15) is 5.11 Å². The summed E-state index contributed by atoms with van der Waals surface area (Å²) in [5, 5.41) is 9.96. The Kier molecular flexibility index (Phi) is 5.27. The van der Waals surface area contributed by atoms with Gasteiger partial charge >= 0.3 is 0 Å². The van der Waals surface area contributed by atoms with Crippen molar-refractivity contribution in [3.63, 3.8) is 0 Å². The average molecular weight is 370 g/mol. The lowest BCUT2D eigenvalue weighted by Gasteiger charge is -2.13. The summed E-state index contributed by atoms with van der Waals surface area (Å²) in [4.78, 5) is 4.92. The number of fused-ring (bicyclic) bond motifs is 1. The molecule has 0 aliphatic heterocycles. The van der Waals surface area contributed by atoms with Crippen LogP contribution in [0.2, 0.25) is 0 Å². The highest BCUT2D eigenvalue weighted by Gasteiger charge is 2.13. The maximum Gasteiger partial charge on any atom is 0.110 e. The van der Waals surface area contributed by atoms with Crippen LogP contribution in [-0.2, 0) is 19.6 Å². The second-order valence-corrected chi connectivity index (χ2v) is 7.32. The van der Waals surface area contributed by atoms with E-state index in [2.05, 4.69) is 66.9 Å². The van der Waals surface area contributed by atoms with Gasteiger partial charge in [0.15, 0.2) is 0 Å². The Morgan fingerprint density at radius 3 is 2.54 bits per heavy atom. The van der Waals surface area contributed by atoms with Gasteiger partial charge in [-0.05, 0) is 47.2 Å². The largest absolute Gasteiger partial charge is 0.392 e. The lowest BCUT2D eigenvalue weighted by molar-refractivity contribution is 0.282. The van der Waals surface area contributed by atoms with Gasteiger partial charge in [0.1, 0.15) is 5.82 Å². The maximum atomic E-state index is 9.96. The number of imidazole rings is 1. The smallest absolute Gasteiger partial charge is 0.110 e. The van der Waals surface area contributed by atoms with Crippen LogP contribution in [0, 0.1) is 6.92 Å². The van der Waals surface area contributed by atoms with Gasteiger partial charge in [0.2, 0.25) is 0 Å². The van der Waals surface area contributed by atoms with Crippen molar-refractivity contribution in [2.24, 2.45) is 0 Å². The van der Waals surface area contributed by atoms with Crippen molar-refractivity contribution in [1.29, 1.82) is 0 Å². The SMILES string of the molecule is CCCc1nc2c(C)cccc2n1Cc1ccc(-c2ccccc2)c(CO)c1. The first-order valence-corrected chi connectivity index (χ1v) is 9.94. The molecule has 0 amide bonds. The number of aryl methyl sites for hydroxylation is 2. The van der Waals surface area contributed by atoms with Crippen LogP contribution >= 0.6 is 0 Å². The zero-order chi connectivity index (χ0) is 19.5. The number of para-hydroxylation sites is 1. The van der Waals surface area contributed by atoms with Crippen molar-refractivity contribution in [1.82, 2.24) is 9.55 Å². The van der Waals surface area contributed by atoms with Gasteiger partial charge in [-0.1, -0.05) is 67.6 Å². The molecule has 0 spiro atoms. The Morgan fingerprint density at radius 2 is 1.79 bits per heavy atom. The summed E-state index contributed by atoms with van der Waals surface area (Å²) in [5.74, 6) is 1.13. The van der Waals surface area contributed by atoms with Crippen molar-refractivity contribution in [2.45, 2.75) is 39.8 Å². The molecule has 3 aromatic carbocycles. The van der Waals surface area contributed by atoms with Crippen LogP contribution in [0.4, 0.5) is 0 Å². The average Bonchev–Trinajstić information content (AvgIpc) is 3.07. The molecule has 142 valence electrons. The van der Waals surface area contributed by atoms with E-state index in [-0.39, 0.29) is 6.61 Å². The minimum absolute atomic E-state index is 0.0314. The van der Waals surface area contributed by atoms with E-state index in [1.807, 2.05) is 18.2 Å². The third-order valence-corrected chi connectivity index (χ3v) is 5.30. The fourth-order valence-corrected chi connectivity index (χ4v) is 3.88. The zero-order valence-corrected chi connectivity index (χ0v) is 16.5. The number of hydrogen-bond donors (Lipinski definition) is 1. The number of aromatic nitrogens is 2. The topological polar surface area (TPSA) is 38.0 Å². The van der Waals surface area contributed by atoms with Gasteiger partial charge in [-0.3, -0.25) is 0 Å². The van der Waals surface area contributed by atoms with Crippen molar-refractivity contribution >= 4 is 11.0 Å². The van der Waals surface area contributed by atoms with Crippen LogP contribution in [0.1, 0.15) is 35.9 Å². The standard InChI is InChI=1S/C25H26N2O/c1-3-8-24-26-25-18(2)9-7-12-23(25)27(24)16-19-13-14-22(21(15-19)17-28)20-10-5-4-6-11-20/h4-7,9-15,28H,3,8,16-17H2,1-2H3. The summed E-state index contributed by atoms with van der Waals surface area (Å²) < 4.78 is 2.32. The minimum atomic E-state index is 0.0314. The lowest BCUT2D eigenvalue weighted by Crippen LogP contribution is -2.06. The Morgan fingerprint density at radius 1 is 0.964 bits per heavy atom. The fourth-order valence-electron chi connectivity index (χ4n) is 3.88. The molecule has 4 aromatic rings. The minimum Gasteiger partial charge on any atom is -0.392 e. The molecule has 0 saturated carbocycles. The molecule has 1 aromatic heterocycles. The van der Waals surface area contributed by atoms with Gasteiger partial charge in [-0.25, -0.2) is 4.98 Å². The molecule has 1 heterocycles. The van der Waals surface area contributed by atoms with Crippen molar-refractivity contribution < 1.29 is 5.11 Å². The van der Waals surface area contributed by atoms with Crippen LogP contribution < -0.4 is 0 Å². The second-order valence-electron chi connectivity index (χ2n) is 7.32. The molecule has 0 fully saturated rings. The van der Waals surface area contributed by atoms with Crippen molar-refractivity contribution in [2.75, 3.05) is 0 Å². The molecule has 4 rings (SSSR count). The van der Waals surface area contributed by atoms with Gasteiger partial charge in [-0.15, -0.1) is 0 Å². The number of aliphatic hydroxyl groups excluding tert-OH is 1. The highest BCUT2D eigenvalue weighted by Crippen LogP contribution is 2.27. The normalized spacial score (nSPS) is 11.2. The predicted octanol–water partition coefficient (Wildman–Crippen LogP) is 5.50. The van der Waals surface area contributed by atoms with Crippen LogP contribution in [0.15, 0.2) is 66.7 Å². The van der Waals surface area contributed by atoms with E-state index in [4.69, 9.17) is 4.98 Å². The molecule has 0 saturated heterocycles. The van der Waals surface area contributed by atoms with Crippen molar-refractivity contribution in [3.05, 3.63) is 89.2 Å². The molecular weight excluding hydrogens is 344 g/mol. The van der Waals surface area contributed by atoms with E-state index in [1.165, 1.54) is 16.6 Å². The molecule has 0 aliphatic rings. The summed E-state index contributed by atoms with van der Waals surface area (Å²) in [7, 11) is 0. The zero-order valence-electron chi connectivity index (χ0n) is 16.5. The fraction of sp³-hybridized carbons (Fsp3) is 0.240. The van der Waals surface area contributed by atoms with E-state index in [0.717, 1.165) is 47.4 Å². The molecular formula is C25H26N2O. The molecule has 0 aliphatic carbocycles. The third-order valence-electron chi connectivity index (χ3n) is 5.30. The molecule has 1 N–H and O–H groups in total. The molecule has 28 heavy (non-hydrogen) atoms. The van der Waals surface area contributed by atoms with Crippen LogP contribution in [0.3, 0.4) is 0 Å². The molecule has 3 heteroatoms. The summed E-state index contributed by atoms with van der Waals surface area (Å²) in [5.41, 5.74) is 7.85. The molecule has 0 bridgehead atoms. The summed E-state index contributed by atoms with van der Waals surface area (Å²) in [6, 6.07) is 23.0. The van der Waals surface area contributed by atoms with Crippen LogP contribution in [0.25, 0.3) is 22.2 Å². The molecule has 0 atom stereocenters. The Hall–Kier alpha value is -2.91. The molecule has 0 radical (unpaired) electrons. The number of rotatable bonds is 6. The highest BCUT2D eigenvalue weighted by atomic mass is 16.3. The number of aliphatic hydroxyl groups is 1. The first kappa shape index (κ1) is 18.5. The highest BCUT2D eigenvalue weighted by molar-refractivity contribution is 5.79. The maximum absolute atomic E-state index is 9.96. The van der Waals surface area contributed by atoms with Crippen LogP contribution in [-0.4, -0.2) is 14.7 Å². The molecule has 3 nitrogen and oxygen atoms in total. The van der Waals surface area contributed by atoms with Gasteiger partial charge in [0.05, 0.1) is 17.6 Å². The van der Waals surface area contributed by atoms with Gasteiger partial charge in [0.25, 0.3) is 0 Å². The second kappa shape index (κ2) is 7.99. The summed E-state index contributed by atoms with van der Waals surface area (Å²) in [6.45, 7) is 5.10. The Balaban J connectivity index is 1.75. The van der Waals surface area contributed by atoms with Gasteiger partial charge in [-0.2, -0.15) is 0 Å². The summed E-state index contributed by atoms with van der Waals surface area (Å²) in [6.07, 6.45) is 2.03. The first-order chi connectivity index (χ1) is 13.7. The van der Waals surface area contributed by atoms with Gasteiger partial charge in [0, 0.05) is 13.0 Å². The summed E-state index contributed by atoms with van der Waals surface area (Å²) >= 11 is 0. The third kappa shape index (κ3) is 3.46. The number of hydrogen-bond acceptors (Lipinski definition) is 2. The van der Waals surface area contributed by atoms with E-state index >= 15 is 0 Å². The Labute approximate surface area is 166 Å². The van der Waals surface area contributed by atoms with Crippen molar-refractivity contribution in [3.8, 4) is 11.1 Å². The molecule has 0 unspecified atom stereocenters. The predicted molar refractivity (Wildman–Crippen MR) is 115 cm³/mol. The van der Waals surface area contributed by atoms with E-state index in [0.29, 0.717) is 0 Å². The first-order valence-electron chi connectivity index (χ1n) is 9.94. The Bertz CT molecular complexity index is 1100.